The van der Waals surface area contributed by atoms with Crippen LogP contribution in [0.4, 0.5) is 0 Å². The van der Waals surface area contributed by atoms with Crippen LogP contribution in [-0.4, -0.2) is 43.2 Å². The van der Waals surface area contributed by atoms with Crippen molar-refractivity contribution in [2.75, 3.05) is 31.2 Å². The summed E-state index contributed by atoms with van der Waals surface area (Å²) < 4.78 is 6.18. The Hall–Kier alpha value is -0.560. The van der Waals surface area contributed by atoms with E-state index >= 15 is 0 Å². The molecule has 1 aromatic carbocycles. The number of hydrogen-bond acceptors (Lipinski definition) is 5. The van der Waals surface area contributed by atoms with Gasteiger partial charge in [0.15, 0.2) is 6.61 Å². The molecular weight excluding hydrogens is 376 g/mol. The highest BCUT2D eigenvalue weighted by molar-refractivity contribution is 8.16. The third-order valence-electron chi connectivity index (χ3n) is 4.52. The van der Waals surface area contributed by atoms with Gasteiger partial charge in [-0.15, -0.1) is 35.9 Å². The summed E-state index contributed by atoms with van der Waals surface area (Å²) in [5, 5.41) is 6.39. The van der Waals surface area contributed by atoms with Crippen LogP contribution in [0, 0.1) is 5.92 Å². The molecule has 2 unspecified atom stereocenters. The SMILES string of the molecule is CC1CCNCC1NC(=O)COc1ccc(C2SCCCS2)cc1.Cl. The van der Waals surface area contributed by atoms with Crippen molar-refractivity contribution >= 4 is 41.8 Å². The van der Waals surface area contributed by atoms with Gasteiger partial charge in [-0.2, -0.15) is 0 Å². The first-order valence-electron chi connectivity index (χ1n) is 8.68. The van der Waals surface area contributed by atoms with E-state index in [9.17, 15) is 4.79 Å². The van der Waals surface area contributed by atoms with Crippen LogP contribution in [0.3, 0.4) is 0 Å². The second kappa shape index (κ2) is 10.6. The van der Waals surface area contributed by atoms with Crippen molar-refractivity contribution in [3.05, 3.63) is 29.8 Å². The van der Waals surface area contributed by atoms with Crippen molar-refractivity contribution < 1.29 is 9.53 Å². The van der Waals surface area contributed by atoms with Gasteiger partial charge >= 0.3 is 0 Å². The monoisotopic (exact) mass is 402 g/mol. The smallest absolute Gasteiger partial charge is 0.258 e. The fourth-order valence-corrected chi connectivity index (χ4v) is 5.88. The summed E-state index contributed by atoms with van der Waals surface area (Å²) in [6.07, 6.45) is 2.40. The van der Waals surface area contributed by atoms with E-state index in [-0.39, 0.29) is 31.0 Å². The number of thioether (sulfide) groups is 2. The molecule has 2 fully saturated rings. The van der Waals surface area contributed by atoms with Gasteiger partial charge in [0.05, 0.1) is 4.58 Å². The number of carbonyl (C=O) groups is 1. The molecule has 0 bridgehead atoms. The largest absolute Gasteiger partial charge is 0.484 e. The lowest BCUT2D eigenvalue weighted by atomic mass is 9.95. The zero-order valence-electron chi connectivity index (χ0n) is 14.5. The molecule has 140 valence electrons. The topological polar surface area (TPSA) is 50.4 Å². The fourth-order valence-electron chi connectivity index (χ4n) is 2.98. The Labute approximate surface area is 165 Å². The number of hydrogen-bond donors (Lipinski definition) is 2. The van der Waals surface area contributed by atoms with Crippen LogP contribution in [0.25, 0.3) is 0 Å². The van der Waals surface area contributed by atoms with E-state index in [0.717, 1.165) is 25.3 Å². The molecule has 0 saturated carbocycles. The second-order valence-corrected chi connectivity index (χ2v) is 9.15. The summed E-state index contributed by atoms with van der Waals surface area (Å²) in [7, 11) is 0. The van der Waals surface area contributed by atoms with Gasteiger partial charge < -0.3 is 15.4 Å². The highest BCUT2D eigenvalue weighted by atomic mass is 35.5. The molecule has 0 aliphatic carbocycles. The summed E-state index contributed by atoms with van der Waals surface area (Å²) in [6, 6.07) is 8.40. The lowest BCUT2D eigenvalue weighted by molar-refractivity contribution is -0.124. The summed E-state index contributed by atoms with van der Waals surface area (Å²) in [5.74, 6) is 3.71. The minimum Gasteiger partial charge on any atom is -0.484 e. The highest BCUT2D eigenvalue weighted by Gasteiger charge is 2.22. The van der Waals surface area contributed by atoms with Crippen molar-refractivity contribution in [2.24, 2.45) is 5.92 Å². The van der Waals surface area contributed by atoms with Gasteiger partial charge in [-0.25, -0.2) is 0 Å². The Morgan fingerprint density at radius 2 is 2.00 bits per heavy atom. The maximum Gasteiger partial charge on any atom is 0.258 e. The predicted molar refractivity (Wildman–Crippen MR) is 110 cm³/mol. The highest BCUT2D eigenvalue weighted by Crippen LogP contribution is 2.43. The van der Waals surface area contributed by atoms with E-state index in [1.807, 2.05) is 35.7 Å². The lowest BCUT2D eigenvalue weighted by Gasteiger charge is -2.30. The maximum atomic E-state index is 12.1. The standard InChI is InChI=1S/C18H26N2O2S2.ClH/c1-13-7-8-19-11-16(13)20-17(21)12-22-15-5-3-14(4-6-15)18-23-9-2-10-24-18;/h3-6,13,16,18-19H,2,7-12H2,1H3,(H,20,21);1H. The zero-order chi connectivity index (χ0) is 16.8. The summed E-state index contributed by atoms with van der Waals surface area (Å²) in [4.78, 5) is 12.1. The molecule has 0 radical (unpaired) electrons. The molecule has 2 heterocycles. The van der Waals surface area contributed by atoms with Crippen molar-refractivity contribution in [3.63, 3.8) is 0 Å². The number of rotatable bonds is 5. The molecule has 7 heteroatoms. The van der Waals surface area contributed by atoms with Gasteiger partial charge in [-0.05, 0) is 54.5 Å². The Morgan fingerprint density at radius 3 is 2.68 bits per heavy atom. The van der Waals surface area contributed by atoms with E-state index in [0.29, 0.717) is 10.5 Å². The summed E-state index contributed by atoms with van der Waals surface area (Å²) in [5.41, 5.74) is 1.34. The number of nitrogens with one attached hydrogen (secondary N) is 2. The quantitative estimate of drug-likeness (QED) is 0.789. The number of ether oxygens (including phenoxy) is 1. The molecule has 0 spiro atoms. The summed E-state index contributed by atoms with van der Waals surface area (Å²) in [6.45, 7) is 4.15. The van der Waals surface area contributed by atoms with Gasteiger partial charge in [0.25, 0.3) is 5.91 Å². The molecule has 4 nitrogen and oxygen atoms in total. The van der Waals surface area contributed by atoms with E-state index in [1.54, 1.807) is 0 Å². The maximum absolute atomic E-state index is 12.1. The average Bonchev–Trinajstić information content (AvgIpc) is 2.63. The van der Waals surface area contributed by atoms with Crippen LogP contribution in [-0.2, 0) is 4.79 Å². The molecule has 1 aromatic rings. The van der Waals surface area contributed by atoms with Crippen LogP contribution in [0.15, 0.2) is 24.3 Å². The lowest BCUT2D eigenvalue weighted by Crippen LogP contribution is -2.51. The van der Waals surface area contributed by atoms with Crippen molar-refractivity contribution in [2.45, 2.75) is 30.4 Å². The third kappa shape index (κ3) is 6.27. The zero-order valence-corrected chi connectivity index (χ0v) is 17.0. The molecule has 2 saturated heterocycles. The van der Waals surface area contributed by atoms with Gasteiger partial charge in [-0.3, -0.25) is 4.79 Å². The molecule has 2 atom stereocenters. The van der Waals surface area contributed by atoms with Crippen LogP contribution in [0.2, 0.25) is 0 Å². The molecule has 0 aromatic heterocycles. The number of amides is 1. The van der Waals surface area contributed by atoms with E-state index < -0.39 is 0 Å². The van der Waals surface area contributed by atoms with Crippen LogP contribution in [0.5, 0.6) is 5.75 Å². The first-order valence-corrected chi connectivity index (χ1v) is 10.8. The molecule has 2 aliphatic heterocycles. The Bertz CT molecular complexity index is 538. The number of piperidine rings is 1. The Morgan fingerprint density at radius 1 is 1.28 bits per heavy atom. The molecule has 2 aliphatic rings. The Balaban J connectivity index is 0.00000225. The van der Waals surface area contributed by atoms with Gasteiger partial charge in [-0.1, -0.05) is 19.1 Å². The van der Waals surface area contributed by atoms with E-state index in [2.05, 4.69) is 29.7 Å². The normalized spacial score (nSPS) is 24.2. The molecular formula is C18H27ClN2O2S2. The summed E-state index contributed by atoms with van der Waals surface area (Å²) >= 11 is 4.02. The van der Waals surface area contributed by atoms with Crippen molar-refractivity contribution in [3.8, 4) is 5.75 Å². The average molecular weight is 403 g/mol. The number of benzene rings is 1. The van der Waals surface area contributed by atoms with E-state index in [4.69, 9.17) is 4.74 Å². The van der Waals surface area contributed by atoms with E-state index in [1.165, 1.54) is 23.5 Å². The van der Waals surface area contributed by atoms with Crippen LogP contribution in [0.1, 0.15) is 29.9 Å². The molecule has 25 heavy (non-hydrogen) atoms. The predicted octanol–water partition coefficient (Wildman–Crippen LogP) is 3.47. The minimum atomic E-state index is -0.0435. The van der Waals surface area contributed by atoms with Gasteiger partial charge in [0.2, 0.25) is 0 Å². The number of carbonyl (C=O) groups excluding carboxylic acids is 1. The van der Waals surface area contributed by atoms with Crippen molar-refractivity contribution in [1.29, 1.82) is 0 Å². The first kappa shape index (κ1) is 20.7. The second-order valence-electron chi connectivity index (χ2n) is 6.43. The van der Waals surface area contributed by atoms with Gasteiger partial charge in [0.1, 0.15) is 5.75 Å². The fraction of sp³-hybridized carbons (Fsp3) is 0.611. The van der Waals surface area contributed by atoms with Gasteiger partial charge in [0, 0.05) is 12.6 Å². The third-order valence-corrected chi connectivity index (χ3v) is 7.54. The van der Waals surface area contributed by atoms with Crippen LogP contribution >= 0.6 is 35.9 Å². The molecule has 1 amide bonds. The number of halogens is 1. The van der Waals surface area contributed by atoms with Crippen LogP contribution < -0.4 is 15.4 Å². The van der Waals surface area contributed by atoms with Crippen molar-refractivity contribution in [1.82, 2.24) is 10.6 Å². The Kier molecular flexibility index (Phi) is 8.76. The molecule has 3 rings (SSSR count). The first-order chi connectivity index (χ1) is 11.7. The minimum absolute atomic E-state index is 0. The molecule has 2 N–H and O–H groups in total.